The van der Waals surface area contributed by atoms with Gasteiger partial charge in [-0.3, -0.25) is 0 Å². The zero-order valence-electron chi connectivity index (χ0n) is 44.4. The normalized spacial score (nSPS) is 11.9. The Morgan fingerprint density at radius 3 is 1.07 bits per heavy atom. The molecule has 9 heteroatoms. The van der Waals surface area contributed by atoms with Crippen LogP contribution in [0.1, 0.15) is 0 Å². The summed E-state index contributed by atoms with van der Waals surface area (Å²) in [7, 11) is 0. The molecule has 83 heavy (non-hydrogen) atoms. The van der Waals surface area contributed by atoms with Gasteiger partial charge in [0.25, 0.3) is 0 Å². The van der Waals surface area contributed by atoms with Crippen LogP contribution in [-0.4, -0.2) is 39.3 Å². The van der Waals surface area contributed by atoms with Crippen LogP contribution in [0.15, 0.2) is 271 Å². The van der Waals surface area contributed by atoms with Gasteiger partial charge in [-0.1, -0.05) is 158 Å². The summed E-state index contributed by atoms with van der Waals surface area (Å²) in [6.07, 6.45) is 0. The Morgan fingerprint density at radius 1 is 0.253 bits per heavy atom. The van der Waals surface area contributed by atoms with Crippen molar-refractivity contribution in [3.63, 3.8) is 0 Å². The molecule has 0 fully saturated rings. The molecule has 386 valence electrons. The molecule has 0 saturated carbocycles. The molecule has 0 atom stereocenters. The highest BCUT2D eigenvalue weighted by Gasteiger charge is 2.21. The van der Waals surface area contributed by atoms with E-state index in [9.17, 15) is 0 Å². The predicted octanol–water partition coefficient (Wildman–Crippen LogP) is 18.5. The molecule has 0 aliphatic carbocycles. The van der Waals surface area contributed by atoms with E-state index in [1.807, 2.05) is 24.3 Å². The summed E-state index contributed by atoms with van der Waals surface area (Å²) in [5.41, 5.74) is 15.4. The van der Waals surface area contributed by atoms with Crippen molar-refractivity contribution in [2.24, 2.45) is 0 Å². The van der Waals surface area contributed by atoms with Crippen LogP contribution in [0.2, 0.25) is 0 Å². The van der Waals surface area contributed by atoms with Gasteiger partial charge in [-0.25, -0.2) is 19.9 Å². The van der Waals surface area contributed by atoms with Crippen molar-refractivity contribution in [3.8, 4) is 79.6 Å². The van der Waals surface area contributed by atoms with Gasteiger partial charge in [0.1, 0.15) is 0 Å². The smallest absolute Gasteiger partial charge is 0.248 e. The van der Waals surface area contributed by atoms with Crippen molar-refractivity contribution in [2.45, 2.75) is 0 Å². The van der Waals surface area contributed by atoms with Crippen LogP contribution in [0, 0.1) is 0 Å². The van der Waals surface area contributed by atoms with E-state index in [1.165, 1.54) is 21.5 Å². The number of benzene rings is 12. The summed E-state index contributed by atoms with van der Waals surface area (Å²) >= 11 is 0. The molecule has 5 heterocycles. The molecule has 0 amide bonds. The molecule has 0 aliphatic rings. The lowest BCUT2D eigenvalue weighted by Gasteiger charge is -2.12. The van der Waals surface area contributed by atoms with E-state index < -0.39 is 0 Å². The Bertz CT molecular complexity index is 5130. The van der Waals surface area contributed by atoms with E-state index in [4.69, 9.17) is 24.4 Å². The van der Waals surface area contributed by atoms with Gasteiger partial charge < -0.3 is 13.6 Å². The Morgan fingerprint density at radius 2 is 0.614 bits per heavy atom. The molecule has 0 aliphatic heterocycles. The van der Waals surface area contributed by atoms with Gasteiger partial charge in [0, 0.05) is 77.1 Å². The van der Waals surface area contributed by atoms with Gasteiger partial charge in [-0.15, -0.1) is 10.2 Å². The quantitative estimate of drug-likeness (QED) is 0.149. The highest BCUT2D eigenvalue weighted by atomic mass is 16.4. The Kier molecular flexibility index (Phi) is 10.4. The van der Waals surface area contributed by atoms with E-state index in [0.29, 0.717) is 23.4 Å². The van der Waals surface area contributed by atoms with E-state index >= 15 is 0 Å². The van der Waals surface area contributed by atoms with Crippen LogP contribution in [0.3, 0.4) is 0 Å². The minimum absolute atomic E-state index is 0.431. The summed E-state index contributed by atoms with van der Waals surface area (Å²) in [5, 5.41) is 20.7. The molecule has 9 nitrogen and oxygen atoms in total. The fraction of sp³-hybridized carbons (Fsp3) is 0. The largest absolute Gasteiger partial charge is 0.416 e. The summed E-state index contributed by atoms with van der Waals surface area (Å²) in [6, 6.07) is 93.3. The van der Waals surface area contributed by atoms with Crippen molar-refractivity contribution in [1.29, 1.82) is 0 Å². The molecule has 0 radical (unpaired) electrons. The molecule has 0 saturated heterocycles. The fourth-order valence-corrected chi connectivity index (χ4v) is 12.3. The average Bonchev–Trinajstić information content (AvgIpc) is 4.46. The highest BCUT2D eigenvalue weighted by Crippen LogP contribution is 2.40. The maximum absolute atomic E-state index is 6.64. The molecule has 0 spiro atoms. The topological polar surface area (TPSA) is 100 Å². The van der Waals surface area contributed by atoms with Crippen molar-refractivity contribution in [3.05, 3.63) is 267 Å². The number of hydrogen-bond donors (Lipinski definition) is 0. The molecule has 12 aromatic carbocycles. The van der Waals surface area contributed by atoms with Crippen LogP contribution >= 0.6 is 0 Å². The fourth-order valence-electron chi connectivity index (χ4n) is 12.3. The molecular weight excluding hydrogens is 1020 g/mol. The number of aromatic nitrogens is 8. The average molecular weight is 1060 g/mol. The second kappa shape index (κ2) is 18.6. The first-order valence-corrected chi connectivity index (χ1v) is 27.7. The summed E-state index contributed by atoms with van der Waals surface area (Å²) < 4.78 is 11.2. The Labute approximate surface area is 474 Å². The van der Waals surface area contributed by atoms with Gasteiger partial charge in [0.2, 0.25) is 11.8 Å². The van der Waals surface area contributed by atoms with E-state index in [-0.39, 0.29) is 0 Å². The van der Waals surface area contributed by atoms with Crippen LogP contribution in [-0.2, 0) is 0 Å². The Balaban J connectivity index is 0.709. The molecule has 5 aromatic heterocycles. The van der Waals surface area contributed by atoms with Gasteiger partial charge in [0.15, 0.2) is 11.6 Å². The van der Waals surface area contributed by atoms with E-state index in [0.717, 1.165) is 122 Å². The summed E-state index contributed by atoms with van der Waals surface area (Å²) in [4.78, 5) is 20.7. The van der Waals surface area contributed by atoms with Gasteiger partial charge in [-0.05, 0) is 131 Å². The molecule has 17 rings (SSSR count). The number of para-hydroxylation sites is 4. The van der Waals surface area contributed by atoms with Gasteiger partial charge >= 0.3 is 0 Å². The molecule has 0 N–H and O–H groups in total. The first-order valence-electron chi connectivity index (χ1n) is 27.7. The lowest BCUT2D eigenvalue weighted by atomic mass is 10.0. The molecule has 0 bridgehead atoms. The minimum atomic E-state index is 0.431. The lowest BCUT2D eigenvalue weighted by Crippen LogP contribution is -1.97. The monoisotopic (exact) mass is 1060 g/mol. The standard InChI is InChI=1S/C74H44N8O/c1-3-15-49-41-51(27-25-45(49)13-1)69-61-19-5-9-21-63(61)75-71(77-69)47-29-35-55(36-30-47)81-65-23-11-7-17-57(65)59-39-33-53(43-67(59)81)73-79-80-74(83-73)54-34-40-60-58-18-8-12-24-66(58)82(68(60)44-54)56-37-31-48(32-38-56)72-76-64-22-10-6-20-62(64)70(78-72)52-28-26-46-14-2-4-16-50(46)42-52/h1-44H. The third kappa shape index (κ3) is 7.70. The SMILES string of the molecule is c1ccc2cc(-c3nc(-c4ccc(-n5c6ccccc6c6ccc(-c7nnc(-c8ccc9c%10ccccc%10n(-c%10ccc(-c%11nc(-c%12ccc%13ccccc%13c%12)c%12ccccc%12n%11)cc%10)c9c8)o7)cc65)cc4)nc4ccccc34)ccc2c1. The number of hydrogen-bond acceptors (Lipinski definition) is 7. The second-order valence-corrected chi connectivity index (χ2v) is 21.1. The van der Waals surface area contributed by atoms with E-state index in [1.54, 1.807) is 0 Å². The minimum Gasteiger partial charge on any atom is -0.416 e. The van der Waals surface area contributed by atoms with Crippen LogP contribution in [0.5, 0.6) is 0 Å². The van der Waals surface area contributed by atoms with Crippen molar-refractivity contribution in [1.82, 2.24) is 39.3 Å². The maximum Gasteiger partial charge on any atom is 0.248 e. The van der Waals surface area contributed by atoms with Crippen LogP contribution in [0.25, 0.3) is 167 Å². The maximum atomic E-state index is 6.64. The van der Waals surface area contributed by atoms with E-state index in [2.05, 4.69) is 262 Å². The second-order valence-electron chi connectivity index (χ2n) is 21.1. The van der Waals surface area contributed by atoms with Crippen LogP contribution < -0.4 is 0 Å². The first-order chi connectivity index (χ1) is 41.1. The summed E-state index contributed by atoms with van der Waals surface area (Å²) in [5.74, 6) is 2.20. The first kappa shape index (κ1) is 46.5. The third-order valence-corrected chi connectivity index (χ3v) is 16.3. The molecule has 17 aromatic rings. The number of nitrogens with zero attached hydrogens (tertiary/aromatic N) is 8. The van der Waals surface area contributed by atoms with Crippen molar-refractivity contribution >= 4 is 87.0 Å². The van der Waals surface area contributed by atoms with Gasteiger partial charge in [-0.2, -0.15) is 0 Å². The Hall–Kier alpha value is -11.4. The number of fused-ring (bicyclic) bond motifs is 10. The molecular formula is C74H44N8O. The van der Waals surface area contributed by atoms with Crippen LogP contribution in [0.4, 0.5) is 0 Å². The highest BCUT2D eigenvalue weighted by molar-refractivity contribution is 6.11. The third-order valence-electron chi connectivity index (χ3n) is 16.3. The predicted molar refractivity (Wildman–Crippen MR) is 337 cm³/mol. The lowest BCUT2D eigenvalue weighted by molar-refractivity contribution is 0.584. The van der Waals surface area contributed by atoms with Gasteiger partial charge in [0.05, 0.1) is 44.5 Å². The number of rotatable bonds is 8. The zero-order valence-corrected chi connectivity index (χ0v) is 44.4. The van der Waals surface area contributed by atoms with Crippen molar-refractivity contribution < 1.29 is 4.42 Å². The zero-order chi connectivity index (χ0) is 54.5. The molecule has 0 unspecified atom stereocenters. The summed E-state index contributed by atoms with van der Waals surface area (Å²) in [6.45, 7) is 0. The van der Waals surface area contributed by atoms with Crippen molar-refractivity contribution in [2.75, 3.05) is 0 Å².